The minimum atomic E-state index is -1.28. The van der Waals surface area contributed by atoms with Crippen LogP contribution in [0.3, 0.4) is 0 Å². The lowest BCUT2D eigenvalue weighted by molar-refractivity contribution is 0.0298. The van der Waals surface area contributed by atoms with Gasteiger partial charge in [-0.05, 0) is 31.3 Å². The highest BCUT2D eigenvalue weighted by molar-refractivity contribution is 7.84. The molecule has 0 radical (unpaired) electrons. The van der Waals surface area contributed by atoms with Crippen LogP contribution in [0.1, 0.15) is 26.4 Å². The number of carbonyl (C=O) groups excluding carboxylic acids is 2. The number of ether oxygens (including phenoxy) is 1. The van der Waals surface area contributed by atoms with Crippen molar-refractivity contribution in [2.45, 2.75) is 10.6 Å². The number of benzene rings is 2. The van der Waals surface area contributed by atoms with Crippen molar-refractivity contribution < 1.29 is 18.5 Å². The van der Waals surface area contributed by atoms with Crippen molar-refractivity contribution in [3.63, 3.8) is 0 Å². The molecule has 1 aromatic heterocycles. The standard InChI is InChI=1S/C27H29N5O4S/c1-29-9-11-30(12-10-29)26(33)19-5-4-6-20(17-19)32-25-21-7-2-3-8-23(21)37(35)18-22(25)24(28-32)27(34)31-13-15-36-16-14-31/h2-8,17H,9-16,18H2,1H3. The first-order valence-electron chi connectivity index (χ1n) is 12.6. The number of morpholine rings is 1. The highest BCUT2D eigenvalue weighted by Crippen LogP contribution is 2.39. The van der Waals surface area contributed by atoms with E-state index < -0.39 is 10.8 Å². The van der Waals surface area contributed by atoms with E-state index >= 15 is 0 Å². The molecule has 0 N–H and O–H groups in total. The number of aromatic nitrogens is 2. The molecule has 6 rings (SSSR count). The molecule has 4 heterocycles. The van der Waals surface area contributed by atoms with Gasteiger partial charge in [0.2, 0.25) is 0 Å². The summed E-state index contributed by atoms with van der Waals surface area (Å²) in [5.74, 6) is 0.0268. The molecule has 0 saturated carbocycles. The normalized spacial score (nSPS) is 19.9. The summed E-state index contributed by atoms with van der Waals surface area (Å²) in [5, 5.41) is 4.81. The molecule has 3 aliphatic rings. The number of hydrogen-bond acceptors (Lipinski definition) is 6. The van der Waals surface area contributed by atoms with Gasteiger partial charge in [0.1, 0.15) is 0 Å². The van der Waals surface area contributed by atoms with E-state index in [4.69, 9.17) is 9.84 Å². The third-order valence-corrected chi connectivity index (χ3v) is 8.67. The first-order valence-corrected chi connectivity index (χ1v) is 13.9. The Kier molecular flexibility index (Phi) is 6.39. The molecule has 10 heteroatoms. The summed E-state index contributed by atoms with van der Waals surface area (Å²) < 4.78 is 20.3. The molecule has 2 fully saturated rings. The number of fused-ring (bicyclic) bond motifs is 3. The number of piperazine rings is 1. The van der Waals surface area contributed by atoms with Gasteiger partial charge >= 0.3 is 0 Å². The largest absolute Gasteiger partial charge is 0.378 e. The molecule has 0 aliphatic carbocycles. The van der Waals surface area contributed by atoms with Gasteiger partial charge in [0.05, 0.1) is 41.1 Å². The van der Waals surface area contributed by atoms with Crippen LogP contribution in [-0.4, -0.2) is 100 Å². The van der Waals surface area contributed by atoms with Crippen LogP contribution >= 0.6 is 0 Å². The van der Waals surface area contributed by atoms with E-state index in [9.17, 15) is 13.8 Å². The highest BCUT2D eigenvalue weighted by Gasteiger charge is 2.34. The molecule has 1 unspecified atom stereocenters. The van der Waals surface area contributed by atoms with Crippen molar-refractivity contribution in [3.05, 3.63) is 65.4 Å². The van der Waals surface area contributed by atoms with Crippen molar-refractivity contribution >= 4 is 22.6 Å². The van der Waals surface area contributed by atoms with Crippen molar-refractivity contribution in [2.24, 2.45) is 0 Å². The van der Waals surface area contributed by atoms with Gasteiger partial charge in [-0.2, -0.15) is 5.10 Å². The van der Waals surface area contributed by atoms with Crippen molar-refractivity contribution in [3.8, 4) is 16.9 Å². The molecule has 2 aromatic carbocycles. The Bertz CT molecular complexity index is 1390. The van der Waals surface area contributed by atoms with E-state index in [0.29, 0.717) is 61.9 Å². The minimum Gasteiger partial charge on any atom is -0.378 e. The van der Waals surface area contributed by atoms with Crippen LogP contribution in [0.4, 0.5) is 0 Å². The number of rotatable bonds is 3. The number of amides is 2. The Balaban J connectivity index is 1.44. The van der Waals surface area contributed by atoms with Gasteiger partial charge < -0.3 is 19.4 Å². The third-order valence-electron chi connectivity index (χ3n) is 7.28. The molecule has 3 aromatic rings. The van der Waals surface area contributed by atoms with E-state index in [2.05, 4.69) is 11.9 Å². The number of likely N-dealkylation sites (N-methyl/N-ethyl adjacent to an activating group) is 1. The van der Waals surface area contributed by atoms with E-state index in [1.165, 1.54) is 0 Å². The van der Waals surface area contributed by atoms with Gasteiger partial charge in [0.25, 0.3) is 11.8 Å². The molecule has 37 heavy (non-hydrogen) atoms. The summed E-state index contributed by atoms with van der Waals surface area (Å²) in [6, 6.07) is 15.0. The lowest BCUT2D eigenvalue weighted by Gasteiger charge is -2.32. The fourth-order valence-corrected chi connectivity index (χ4v) is 6.50. The van der Waals surface area contributed by atoms with Crippen LogP contribution in [0.25, 0.3) is 16.9 Å². The first kappa shape index (κ1) is 24.0. The van der Waals surface area contributed by atoms with Crippen LogP contribution in [0.2, 0.25) is 0 Å². The van der Waals surface area contributed by atoms with Crippen LogP contribution in [0.15, 0.2) is 53.4 Å². The minimum absolute atomic E-state index is 0.0119. The van der Waals surface area contributed by atoms with Crippen molar-refractivity contribution in [1.82, 2.24) is 24.5 Å². The fourth-order valence-electron chi connectivity index (χ4n) is 5.17. The van der Waals surface area contributed by atoms with E-state index in [1.54, 1.807) is 9.58 Å². The Morgan fingerprint density at radius 3 is 2.41 bits per heavy atom. The van der Waals surface area contributed by atoms with Gasteiger partial charge in [-0.1, -0.05) is 24.3 Å². The second-order valence-electron chi connectivity index (χ2n) is 9.62. The monoisotopic (exact) mass is 519 g/mol. The second-order valence-corrected chi connectivity index (χ2v) is 11.0. The average Bonchev–Trinajstić information content (AvgIpc) is 3.33. The Morgan fingerprint density at radius 2 is 1.62 bits per heavy atom. The summed E-state index contributed by atoms with van der Waals surface area (Å²) in [7, 11) is 0.777. The van der Waals surface area contributed by atoms with Gasteiger partial charge in [-0.3, -0.25) is 13.8 Å². The topological polar surface area (TPSA) is 88.0 Å². The SMILES string of the molecule is CN1CCN(C(=O)c2cccc(-n3nc(C(=O)N4CCOCC4)c4c3-c3ccccc3S(=O)C4)c2)CC1. The maximum atomic E-state index is 13.6. The fraction of sp³-hybridized carbons (Fsp3) is 0.370. The Labute approximate surface area is 218 Å². The zero-order chi connectivity index (χ0) is 25.5. The Hall–Kier alpha value is -3.34. The summed E-state index contributed by atoms with van der Waals surface area (Å²) in [6.45, 7) is 5.03. The maximum Gasteiger partial charge on any atom is 0.274 e. The third kappa shape index (κ3) is 4.39. The van der Waals surface area contributed by atoms with Crippen molar-refractivity contribution in [2.75, 3.05) is 59.5 Å². The molecule has 3 aliphatic heterocycles. The van der Waals surface area contributed by atoms with Crippen LogP contribution < -0.4 is 0 Å². The second kappa shape index (κ2) is 9.85. The molecule has 0 bridgehead atoms. The molecule has 0 spiro atoms. The number of carbonyl (C=O) groups is 2. The molecular formula is C27H29N5O4S. The predicted molar refractivity (Wildman–Crippen MR) is 139 cm³/mol. The lowest BCUT2D eigenvalue weighted by Crippen LogP contribution is -2.47. The maximum absolute atomic E-state index is 13.6. The predicted octanol–water partition coefficient (Wildman–Crippen LogP) is 2.02. The van der Waals surface area contributed by atoms with Crippen molar-refractivity contribution in [1.29, 1.82) is 0 Å². The molecule has 2 saturated heterocycles. The molecule has 9 nitrogen and oxygen atoms in total. The zero-order valence-corrected chi connectivity index (χ0v) is 21.6. The summed E-state index contributed by atoms with van der Waals surface area (Å²) in [4.78, 5) is 33.4. The smallest absolute Gasteiger partial charge is 0.274 e. The van der Waals surface area contributed by atoms with E-state index in [-0.39, 0.29) is 17.6 Å². The van der Waals surface area contributed by atoms with Crippen LogP contribution in [0, 0.1) is 0 Å². The highest BCUT2D eigenvalue weighted by atomic mass is 32.2. The van der Waals surface area contributed by atoms with Gasteiger partial charge in [-0.15, -0.1) is 0 Å². The Morgan fingerprint density at radius 1 is 0.892 bits per heavy atom. The van der Waals surface area contributed by atoms with Crippen LogP contribution in [0.5, 0.6) is 0 Å². The first-order chi connectivity index (χ1) is 18.0. The molecule has 2 amide bonds. The van der Waals surface area contributed by atoms with Gasteiger partial charge in [0.15, 0.2) is 5.69 Å². The summed E-state index contributed by atoms with van der Waals surface area (Å²) in [6.07, 6.45) is 0. The molecular weight excluding hydrogens is 490 g/mol. The summed E-state index contributed by atoms with van der Waals surface area (Å²) >= 11 is 0. The summed E-state index contributed by atoms with van der Waals surface area (Å²) in [5.41, 5.74) is 3.84. The van der Waals surface area contributed by atoms with Crippen LogP contribution in [-0.2, 0) is 21.3 Å². The van der Waals surface area contributed by atoms with Gasteiger partial charge in [0, 0.05) is 60.9 Å². The molecule has 1 atom stereocenters. The zero-order valence-electron chi connectivity index (χ0n) is 20.8. The molecule has 192 valence electrons. The number of hydrogen-bond donors (Lipinski definition) is 0. The van der Waals surface area contributed by atoms with E-state index in [1.807, 2.05) is 53.4 Å². The number of nitrogens with zero attached hydrogens (tertiary/aromatic N) is 5. The quantitative estimate of drug-likeness (QED) is 0.526. The average molecular weight is 520 g/mol. The van der Waals surface area contributed by atoms with E-state index in [0.717, 1.165) is 29.2 Å². The van der Waals surface area contributed by atoms with Gasteiger partial charge in [-0.25, -0.2) is 4.68 Å². The lowest BCUT2D eigenvalue weighted by atomic mass is 10.0.